The lowest BCUT2D eigenvalue weighted by Crippen LogP contribution is -2.16. The monoisotopic (exact) mass is 432 g/mol. The van der Waals surface area contributed by atoms with E-state index in [9.17, 15) is 14.7 Å². The van der Waals surface area contributed by atoms with Crippen molar-refractivity contribution in [1.29, 1.82) is 0 Å². The van der Waals surface area contributed by atoms with Gasteiger partial charge in [0.25, 0.3) is 5.91 Å². The Kier molecular flexibility index (Phi) is 4.97. The van der Waals surface area contributed by atoms with Gasteiger partial charge in [0.2, 0.25) is 0 Å². The van der Waals surface area contributed by atoms with Crippen LogP contribution in [0.4, 0.5) is 5.69 Å². The van der Waals surface area contributed by atoms with Gasteiger partial charge in [-0.2, -0.15) is 0 Å². The molecule has 0 aliphatic rings. The number of nitrogens with zero attached hydrogens (tertiary/aromatic N) is 1. The largest absolute Gasteiger partial charge is 0.478 e. The van der Waals surface area contributed by atoms with E-state index in [1.54, 1.807) is 12.1 Å². The first kappa shape index (κ1) is 15.9. The molecule has 1 heterocycles. The maximum atomic E-state index is 12.2. The standard InChI is InChI=1S/C13H7Br2ClN2O3/c14-6-4-8(13(20)21)10(9(15)5-6)18-12(19)7-2-1-3-17-11(7)16/h1-5H,(H,18,19)(H,20,21). The van der Waals surface area contributed by atoms with Crippen molar-refractivity contribution in [2.24, 2.45) is 0 Å². The van der Waals surface area contributed by atoms with Gasteiger partial charge in [-0.3, -0.25) is 4.79 Å². The summed E-state index contributed by atoms with van der Waals surface area (Å²) in [7, 11) is 0. The van der Waals surface area contributed by atoms with Gasteiger partial charge in [-0.05, 0) is 40.2 Å². The molecule has 2 N–H and O–H groups in total. The van der Waals surface area contributed by atoms with Gasteiger partial charge in [0.15, 0.2) is 0 Å². The van der Waals surface area contributed by atoms with E-state index in [0.717, 1.165) is 0 Å². The van der Waals surface area contributed by atoms with Crippen molar-refractivity contribution in [3.8, 4) is 0 Å². The molecule has 5 nitrogen and oxygen atoms in total. The molecule has 21 heavy (non-hydrogen) atoms. The fourth-order valence-corrected chi connectivity index (χ4v) is 3.14. The quantitative estimate of drug-likeness (QED) is 0.710. The molecular formula is C13H7Br2ClN2O3. The summed E-state index contributed by atoms with van der Waals surface area (Å²) < 4.78 is 1.01. The number of benzene rings is 1. The first-order valence-electron chi connectivity index (χ1n) is 5.54. The van der Waals surface area contributed by atoms with Gasteiger partial charge in [-0.25, -0.2) is 9.78 Å². The van der Waals surface area contributed by atoms with Crippen molar-refractivity contribution < 1.29 is 14.7 Å². The summed E-state index contributed by atoms with van der Waals surface area (Å²) in [4.78, 5) is 27.3. The van der Waals surface area contributed by atoms with Crippen LogP contribution in [0.5, 0.6) is 0 Å². The van der Waals surface area contributed by atoms with E-state index in [1.807, 2.05) is 0 Å². The molecule has 2 rings (SSSR count). The van der Waals surface area contributed by atoms with Gasteiger partial charge in [0, 0.05) is 15.1 Å². The second kappa shape index (κ2) is 6.55. The minimum Gasteiger partial charge on any atom is -0.478 e. The highest BCUT2D eigenvalue weighted by atomic mass is 79.9. The van der Waals surface area contributed by atoms with Gasteiger partial charge >= 0.3 is 5.97 Å². The van der Waals surface area contributed by atoms with Crippen LogP contribution in [0.1, 0.15) is 20.7 Å². The third-order valence-electron chi connectivity index (χ3n) is 2.53. The van der Waals surface area contributed by atoms with Crippen molar-refractivity contribution in [3.63, 3.8) is 0 Å². The summed E-state index contributed by atoms with van der Waals surface area (Å²) in [6.45, 7) is 0. The number of carboxylic acids is 1. The maximum Gasteiger partial charge on any atom is 0.337 e. The highest BCUT2D eigenvalue weighted by molar-refractivity contribution is 9.11. The number of pyridine rings is 1. The van der Waals surface area contributed by atoms with Crippen molar-refractivity contribution in [1.82, 2.24) is 4.98 Å². The fraction of sp³-hybridized carbons (Fsp3) is 0. The SMILES string of the molecule is O=C(Nc1c(Br)cc(Br)cc1C(=O)O)c1cccnc1Cl. The van der Waals surface area contributed by atoms with Crippen LogP contribution < -0.4 is 5.32 Å². The number of aromatic carboxylic acids is 1. The lowest BCUT2D eigenvalue weighted by Gasteiger charge is -2.12. The van der Waals surface area contributed by atoms with E-state index in [2.05, 4.69) is 42.2 Å². The summed E-state index contributed by atoms with van der Waals surface area (Å²) in [5, 5.41) is 11.8. The van der Waals surface area contributed by atoms with E-state index in [-0.39, 0.29) is 22.0 Å². The first-order valence-corrected chi connectivity index (χ1v) is 7.50. The number of hydrogen-bond donors (Lipinski definition) is 2. The number of carbonyl (C=O) groups excluding carboxylic acids is 1. The number of halogens is 3. The summed E-state index contributed by atoms with van der Waals surface area (Å²) in [6, 6.07) is 6.09. The van der Waals surface area contributed by atoms with Crippen LogP contribution in [-0.4, -0.2) is 22.0 Å². The zero-order valence-electron chi connectivity index (χ0n) is 10.2. The average molecular weight is 434 g/mol. The number of anilines is 1. The molecule has 1 aromatic carbocycles. The average Bonchev–Trinajstić information content (AvgIpc) is 2.41. The number of hydrogen-bond acceptors (Lipinski definition) is 3. The highest BCUT2D eigenvalue weighted by Gasteiger charge is 2.19. The fourth-order valence-electron chi connectivity index (χ4n) is 1.61. The number of carboxylic acid groups (broad SMARTS) is 1. The van der Waals surface area contributed by atoms with Crippen LogP contribution >= 0.6 is 43.5 Å². The number of nitrogens with one attached hydrogen (secondary N) is 1. The predicted molar refractivity (Wildman–Crippen MR) is 86.0 cm³/mol. The van der Waals surface area contributed by atoms with E-state index in [0.29, 0.717) is 8.95 Å². The Morgan fingerprint density at radius 2 is 1.95 bits per heavy atom. The van der Waals surface area contributed by atoms with Crippen LogP contribution in [0.3, 0.4) is 0 Å². The molecule has 0 fully saturated rings. The molecule has 0 radical (unpaired) electrons. The Morgan fingerprint density at radius 1 is 1.24 bits per heavy atom. The molecule has 0 saturated carbocycles. The zero-order valence-corrected chi connectivity index (χ0v) is 14.2. The molecule has 0 aliphatic heterocycles. The van der Waals surface area contributed by atoms with E-state index >= 15 is 0 Å². The molecule has 1 amide bonds. The van der Waals surface area contributed by atoms with Gasteiger partial charge in [-0.1, -0.05) is 27.5 Å². The molecule has 0 unspecified atom stereocenters. The summed E-state index contributed by atoms with van der Waals surface area (Å²) in [6.07, 6.45) is 1.46. The first-order chi connectivity index (χ1) is 9.90. The molecule has 1 aromatic heterocycles. The minimum absolute atomic E-state index is 0.0418. The van der Waals surface area contributed by atoms with Crippen LogP contribution in [0.25, 0.3) is 0 Å². The number of carbonyl (C=O) groups is 2. The van der Waals surface area contributed by atoms with Gasteiger partial charge in [-0.15, -0.1) is 0 Å². The minimum atomic E-state index is -1.16. The molecule has 0 aliphatic carbocycles. The lowest BCUT2D eigenvalue weighted by molar-refractivity contribution is 0.0698. The topological polar surface area (TPSA) is 79.3 Å². The number of rotatable bonds is 3. The van der Waals surface area contributed by atoms with Crippen LogP contribution in [0.15, 0.2) is 39.4 Å². The third-order valence-corrected chi connectivity index (χ3v) is 3.91. The smallest absolute Gasteiger partial charge is 0.337 e. The molecule has 8 heteroatoms. The van der Waals surface area contributed by atoms with Crippen LogP contribution in [0.2, 0.25) is 5.15 Å². The molecule has 0 saturated heterocycles. The molecular weight excluding hydrogens is 427 g/mol. The number of aromatic nitrogens is 1. The Morgan fingerprint density at radius 3 is 2.57 bits per heavy atom. The van der Waals surface area contributed by atoms with Crippen molar-refractivity contribution in [2.45, 2.75) is 0 Å². The van der Waals surface area contributed by atoms with Crippen LogP contribution in [-0.2, 0) is 0 Å². The molecule has 0 atom stereocenters. The molecule has 108 valence electrons. The Balaban J connectivity index is 2.42. The van der Waals surface area contributed by atoms with E-state index in [1.165, 1.54) is 18.3 Å². The summed E-state index contributed by atoms with van der Waals surface area (Å²) >= 11 is 12.3. The van der Waals surface area contributed by atoms with Gasteiger partial charge < -0.3 is 10.4 Å². The molecule has 0 bridgehead atoms. The van der Waals surface area contributed by atoms with Gasteiger partial charge in [0.1, 0.15) is 5.15 Å². The van der Waals surface area contributed by atoms with E-state index < -0.39 is 11.9 Å². The molecule has 0 spiro atoms. The Bertz CT molecular complexity index is 737. The number of amides is 1. The highest BCUT2D eigenvalue weighted by Crippen LogP contribution is 2.31. The van der Waals surface area contributed by atoms with Crippen LogP contribution in [0, 0.1) is 0 Å². The molecule has 2 aromatic rings. The van der Waals surface area contributed by atoms with Gasteiger partial charge in [0.05, 0.1) is 16.8 Å². The summed E-state index contributed by atoms with van der Waals surface area (Å²) in [5.74, 6) is -1.71. The second-order valence-electron chi connectivity index (χ2n) is 3.91. The Hall–Kier alpha value is -1.44. The van der Waals surface area contributed by atoms with E-state index in [4.69, 9.17) is 11.6 Å². The predicted octanol–water partition coefficient (Wildman–Crippen LogP) is 4.21. The second-order valence-corrected chi connectivity index (χ2v) is 6.04. The lowest BCUT2D eigenvalue weighted by atomic mass is 10.1. The third kappa shape index (κ3) is 3.61. The van der Waals surface area contributed by atoms with Crippen molar-refractivity contribution in [3.05, 3.63) is 55.7 Å². The van der Waals surface area contributed by atoms with Crippen molar-refractivity contribution in [2.75, 3.05) is 5.32 Å². The maximum absolute atomic E-state index is 12.2. The van der Waals surface area contributed by atoms with Crippen molar-refractivity contribution >= 4 is 61.0 Å². The summed E-state index contributed by atoms with van der Waals surface area (Å²) in [5.41, 5.74) is 0.255. The normalized spacial score (nSPS) is 10.2. The Labute approximate surface area is 141 Å². The zero-order chi connectivity index (χ0) is 15.6.